The van der Waals surface area contributed by atoms with E-state index < -0.39 is 0 Å². The summed E-state index contributed by atoms with van der Waals surface area (Å²) in [6, 6.07) is 7.22. The average Bonchev–Trinajstić information content (AvgIpc) is 2.37. The number of nitrogen functional groups attached to an aromatic ring is 1. The summed E-state index contributed by atoms with van der Waals surface area (Å²) in [5.74, 6) is 0.678. The van der Waals surface area contributed by atoms with E-state index >= 15 is 0 Å². The van der Waals surface area contributed by atoms with E-state index in [1.165, 1.54) is 25.7 Å². The summed E-state index contributed by atoms with van der Waals surface area (Å²) in [5.41, 5.74) is 6.95. The largest absolute Gasteiger partial charge is 0.489 e. The number of nitriles is 1. The molecule has 0 fully saturated rings. The molecule has 0 spiro atoms. The third-order valence-electron chi connectivity index (χ3n) is 2.93. The fourth-order valence-electron chi connectivity index (χ4n) is 1.86. The maximum Gasteiger partial charge on any atom is 0.142 e. The average molecular weight is 246 g/mol. The maximum absolute atomic E-state index is 8.76. The lowest BCUT2D eigenvalue weighted by molar-refractivity contribution is 0.207. The molecule has 0 aliphatic heterocycles. The lowest BCUT2D eigenvalue weighted by Crippen LogP contribution is -2.12. The fraction of sp³-hybridized carbons (Fsp3) is 0.533. The Hall–Kier alpha value is -1.69. The third-order valence-corrected chi connectivity index (χ3v) is 2.93. The van der Waals surface area contributed by atoms with Crippen LogP contribution in [-0.4, -0.2) is 6.10 Å². The smallest absolute Gasteiger partial charge is 0.142 e. The SMILES string of the molecule is CCCCCCC(C)Oc1ccc(C#N)cc1N. The summed E-state index contributed by atoms with van der Waals surface area (Å²) in [6.07, 6.45) is 6.18. The molecule has 98 valence electrons. The number of nitrogens with two attached hydrogens (primary N) is 1. The molecule has 18 heavy (non-hydrogen) atoms. The second-order valence-corrected chi connectivity index (χ2v) is 4.64. The fourth-order valence-corrected chi connectivity index (χ4v) is 1.86. The third kappa shape index (κ3) is 4.67. The van der Waals surface area contributed by atoms with Gasteiger partial charge in [-0.05, 0) is 38.0 Å². The van der Waals surface area contributed by atoms with Crippen molar-refractivity contribution >= 4 is 5.69 Å². The number of unbranched alkanes of at least 4 members (excludes halogenated alkanes) is 3. The van der Waals surface area contributed by atoms with Crippen molar-refractivity contribution in [2.24, 2.45) is 0 Å². The molecule has 2 N–H and O–H groups in total. The molecule has 0 radical (unpaired) electrons. The van der Waals surface area contributed by atoms with Crippen molar-refractivity contribution < 1.29 is 4.74 Å². The van der Waals surface area contributed by atoms with Gasteiger partial charge in [0.25, 0.3) is 0 Å². The summed E-state index contributed by atoms with van der Waals surface area (Å²) in [5, 5.41) is 8.76. The van der Waals surface area contributed by atoms with Crippen LogP contribution in [0.4, 0.5) is 5.69 Å². The molecular weight excluding hydrogens is 224 g/mol. The summed E-state index contributed by atoms with van der Waals surface area (Å²) >= 11 is 0. The van der Waals surface area contributed by atoms with Gasteiger partial charge in [-0.1, -0.05) is 26.2 Å². The molecule has 3 nitrogen and oxygen atoms in total. The van der Waals surface area contributed by atoms with E-state index in [2.05, 4.69) is 19.9 Å². The number of rotatable bonds is 7. The number of hydrogen-bond donors (Lipinski definition) is 1. The molecule has 0 bridgehead atoms. The second-order valence-electron chi connectivity index (χ2n) is 4.64. The molecule has 0 saturated heterocycles. The second kappa shape index (κ2) is 7.60. The molecule has 0 heterocycles. The van der Waals surface area contributed by atoms with Gasteiger partial charge in [-0.2, -0.15) is 5.26 Å². The number of hydrogen-bond acceptors (Lipinski definition) is 3. The van der Waals surface area contributed by atoms with Crippen molar-refractivity contribution in [3.63, 3.8) is 0 Å². The first-order valence-corrected chi connectivity index (χ1v) is 6.63. The normalized spacial score (nSPS) is 11.8. The lowest BCUT2D eigenvalue weighted by atomic mass is 10.1. The molecule has 0 aliphatic rings. The van der Waals surface area contributed by atoms with Gasteiger partial charge in [-0.3, -0.25) is 0 Å². The minimum absolute atomic E-state index is 0.164. The Morgan fingerprint density at radius 2 is 2.11 bits per heavy atom. The molecule has 1 atom stereocenters. The molecule has 3 heteroatoms. The molecule has 1 aromatic carbocycles. The zero-order valence-corrected chi connectivity index (χ0v) is 11.3. The van der Waals surface area contributed by atoms with Gasteiger partial charge >= 0.3 is 0 Å². The molecule has 0 aliphatic carbocycles. The first kappa shape index (κ1) is 14.4. The minimum Gasteiger partial charge on any atom is -0.489 e. The molecule has 1 rings (SSSR count). The van der Waals surface area contributed by atoms with Gasteiger partial charge < -0.3 is 10.5 Å². The Morgan fingerprint density at radius 1 is 1.33 bits per heavy atom. The Balaban J connectivity index is 2.44. The molecular formula is C15H22N2O. The van der Waals surface area contributed by atoms with E-state index in [9.17, 15) is 0 Å². The Bertz CT molecular complexity index is 409. The number of ether oxygens (including phenoxy) is 1. The first-order valence-electron chi connectivity index (χ1n) is 6.63. The monoisotopic (exact) mass is 246 g/mol. The van der Waals surface area contributed by atoms with Crippen LogP contribution in [-0.2, 0) is 0 Å². The summed E-state index contributed by atoms with van der Waals surface area (Å²) in [6.45, 7) is 4.26. The number of benzene rings is 1. The van der Waals surface area contributed by atoms with Crippen molar-refractivity contribution in [3.05, 3.63) is 23.8 Å². The van der Waals surface area contributed by atoms with Crippen LogP contribution in [0.25, 0.3) is 0 Å². The highest BCUT2D eigenvalue weighted by atomic mass is 16.5. The molecule has 1 unspecified atom stereocenters. The van der Waals surface area contributed by atoms with E-state index in [-0.39, 0.29) is 6.10 Å². The van der Waals surface area contributed by atoms with Gasteiger partial charge in [0.15, 0.2) is 0 Å². The van der Waals surface area contributed by atoms with Crippen LogP contribution < -0.4 is 10.5 Å². The van der Waals surface area contributed by atoms with Gasteiger partial charge in [0.2, 0.25) is 0 Å². The molecule has 1 aromatic rings. The maximum atomic E-state index is 8.76. The highest BCUT2D eigenvalue weighted by molar-refractivity contribution is 5.56. The Kier molecular flexibility index (Phi) is 6.07. The lowest BCUT2D eigenvalue weighted by Gasteiger charge is -2.16. The summed E-state index contributed by atoms with van der Waals surface area (Å²) in [4.78, 5) is 0. The van der Waals surface area contributed by atoms with Crippen LogP contribution in [0, 0.1) is 11.3 Å². The van der Waals surface area contributed by atoms with Crippen molar-refractivity contribution in [3.8, 4) is 11.8 Å². The summed E-state index contributed by atoms with van der Waals surface area (Å²) in [7, 11) is 0. The van der Waals surface area contributed by atoms with E-state index in [1.54, 1.807) is 18.2 Å². The van der Waals surface area contributed by atoms with Crippen molar-refractivity contribution in [2.75, 3.05) is 5.73 Å². The van der Waals surface area contributed by atoms with Gasteiger partial charge in [0.05, 0.1) is 23.4 Å². The van der Waals surface area contributed by atoms with Crippen LogP contribution >= 0.6 is 0 Å². The summed E-state index contributed by atoms with van der Waals surface area (Å²) < 4.78 is 5.79. The minimum atomic E-state index is 0.164. The first-order chi connectivity index (χ1) is 8.67. The topological polar surface area (TPSA) is 59.0 Å². The van der Waals surface area contributed by atoms with Crippen molar-refractivity contribution in [2.45, 2.75) is 52.1 Å². The molecule has 0 saturated carbocycles. The molecule has 0 aromatic heterocycles. The quantitative estimate of drug-likeness (QED) is 0.586. The van der Waals surface area contributed by atoms with Crippen LogP contribution in [0.1, 0.15) is 51.5 Å². The number of nitrogens with zero attached hydrogens (tertiary/aromatic N) is 1. The van der Waals surface area contributed by atoms with Gasteiger partial charge in [-0.15, -0.1) is 0 Å². The predicted molar refractivity (Wildman–Crippen MR) is 74.4 cm³/mol. The van der Waals surface area contributed by atoms with Crippen molar-refractivity contribution in [1.29, 1.82) is 5.26 Å². The van der Waals surface area contributed by atoms with Crippen LogP contribution in [0.2, 0.25) is 0 Å². The highest BCUT2D eigenvalue weighted by Crippen LogP contribution is 2.24. The van der Waals surface area contributed by atoms with Gasteiger partial charge in [0.1, 0.15) is 5.75 Å². The Morgan fingerprint density at radius 3 is 2.72 bits per heavy atom. The highest BCUT2D eigenvalue weighted by Gasteiger charge is 2.07. The Labute approximate surface area is 110 Å². The van der Waals surface area contributed by atoms with E-state index in [0.29, 0.717) is 17.0 Å². The van der Waals surface area contributed by atoms with Crippen molar-refractivity contribution in [1.82, 2.24) is 0 Å². The van der Waals surface area contributed by atoms with E-state index in [0.717, 1.165) is 6.42 Å². The van der Waals surface area contributed by atoms with Gasteiger partial charge in [-0.25, -0.2) is 0 Å². The zero-order valence-electron chi connectivity index (χ0n) is 11.3. The predicted octanol–water partition coefficient (Wildman–Crippen LogP) is 3.88. The van der Waals surface area contributed by atoms with Crippen LogP contribution in [0.3, 0.4) is 0 Å². The van der Waals surface area contributed by atoms with E-state index in [4.69, 9.17) is 15.7 Å². The van der Waals surface area contributed by atoms with Crippen LogP contribution in [0.5, 0.6) is 5.75 Å². The van der Waals surface area contributed by atoms with Gasteiger partial charge in [0, 0.05) is 0 Å². The van der Waals surface area contributed by atoms with E-state index in [1.807, 2.05) is 0 Å². The standard InChI is InChI=1S/C15H22N2O/c1-3-4-5-6-7-12(2)18-15-9-8-13(11-16)10-14(15)17/h8-10,12H,3-7,17H2,1-2H3. The molecule has 0 amide bonds. The number of anilines is 1. The zero-order chi connectivity index (χ0) is 13.4. The van der Waals surface area contributed by atoms with Crippen LogP contribution in [0.15, 0.2) is 18.2 Å².